The van der Waals surface area contributed by atoms with Gasteiger partial charge in [0.05, 0.1) is 5.56 Å². The number of allylic oxidation sites excluding steroid dienone is 1. The van der Waals surface area contributed by atoms with Crippen molar-refractivity contribution in [2.75, 3.05) is 0 Å². The first-order valence-electron chi connectivity index (χ1n) is 4.48. The van der Waals surface area contributed by atoms with E-state index in [4.69, 9.17) is 0 Å². The molecule has 0 saturated heterocycles. The van der Waals surface area contributed by atoms with Crippen LogP contribution < -0.4 is 0 Å². The molecule has 0 saturated carbocycles. The van der Waals surface area contributed by atoms with Crippen molar-refractivity contribution in [3.05, 3.63) is 34.6 Å². The minimum absolute atomic E-state index is 0.0281. The molecular weight excluding hydrogens is 212 g/mol. The molecule has 5 nitrogen and oxygen atoms in total. The third-order valence-electron chi connectivity index (χ3n) is 2.39. The number of Topliss-reactive ketones (excluding diaryl/α,β-unsaturated/α-hetero) is 2. The molecule has 0 aliphatic heterocycles. The first kappa shape index (κ1) is 10.2. The molecule has 0 spiro atoms. The normalized spacial score (nSPS) is 15.3. The van der Waals surface area contributed by atoms with E-state index in [1.807, 2.05) is 0 Å². The number of hydrogen-bond acceptors (Lipinski definition) is 5. The number of aliphatic hydroxyl groups is 2. The summed E-state index contributed by atoms with van der Waals surface area (Å²) in [4.78, 5) is 22.7. The van der Waals surface area contributed by atoms with E-state index >= 15 is 0 Å². The maximum atomic E-state index is 11.5. The Kier molecular flexibility index (Phi) is 1.98. The summed E-state index contributed by atoms with van der Waals surface area (Å²) in [5, 5.41) is 28.3. The SMILES string of the molecule is Cc1cc(O)c2c(c1)C(O)=C(O)C(=O)C2=O. The molecule has 0 atom stereocenters. The van der Waals surface area contributed by atoms with Gasteiger partial charge in [0.2, 0.25) is 11.5 Å². The average Bonchev–Trinajstić information content (AvgIpc) is 2.22. The fourth-order valence-electron chi connectivity index (χ4n) is 1.65. The number of rotatable bonds is 0. The second-order valence-corrected chi connectivity index (χ2v) is 3.56. The van der Waals surface area contributed by atoms with Crippen LogP contribution in [0, 0.1) is 6.92 Å². The Morgan fingerprint density at radius 2 is 1.56 bits per heavy atom. The number of ketones is 2. The number of aryl methyl sites for hydroxylation is 1. The molecule has 0 bridgehead atoms. The maximum Gasteiger partial charge on any atom is 0.271 e. The fraction of sp³-hybridized carbons (Fsp3) is 0.0909. The summed E-state index contributed by atoms with van der Waals surface area (Å²) in [7, 11) is 0. The molecule has 0 amide bonds. The van der Waals surface area contributed by atoms with E-state index < -0.39 is 23.1 Å². The van der Waals surface area contributed by atoms with Gasteiger partial charge in [-0.25, -0.2) is 0 Å². The van der Waals surface area contributed by atoms with Crippen molar-refractivity contribution in [3.8, 4) is 5.75 Å². The zero-order valence-corrected chi connectivity index (χ0v) is 8.31. The van der Waals surface area contributed by atoms with Crippen LogP contribution in [-0.4, -0.2) is 26.9 Å². The molecule has 3 N–H and O–H groups in total. The summed E-state index contributed by atoms with van der Waals surface area (Å²) in [6.45, 7) is 1.64. The number of carbonyl (C=O) groups is 2. The van der Waals surface area contributed by atoms with Crippen LogP contribution in [0.15, 0.2) is 17.9 Å². The highest BCUT2D eigenvalue weighted by Crippen LogP contribution is 2.33. The number of hydrogen-bond donors (Lipinski definition) is 3. The van der Waals surface area contributed by atoms with Crippen molar-refractivity contribution in [1.82, 2.24) is 0 Å². The number of phenolic OH excluding ortho intramolecular Hbond substituents is 1. The van der Waals surface area contributed by atoms with Crippen LogP contribution in [0.25, 0.3) is 5.76 Å². The maximum absolute atomic E-state index is 11.5. The first-order valence-corrected chi connectivity index (χ1v) is 4.48. The van der Waals surface area contributed by atoms with E-state index in [2.05, 4.69) is 0 Å². The highest BCUT2D eigenvalue weighted by atomic mass is 16.3. The second kappa shape index (κ2) is 3.10. The van der Waals surface area contributed by atoms with Gasteiger partial charge in [0, 0.05) is 5.56 Å². The van der Waals surface area contributed by atoms with Crippen molar-refractivity contribution < 1.29 is 24.9 Å². The lowest BCUT2D eigenvalue weighted by Gasteiger charge is -2.15. The van der Waals surface area contributed by atoms with E-state index in [-0.39, 0.29) is 16.9 Å². The zero-order valence-electron chi connectivity index (χ0n) is 8.31. The topological polar surface area (TPSA) is 94.8 Å². The molecule has 16 heavy (non-hydrogen) atoms. The Bertz CT molecular complexity index is 554. The van der Waals surface area contributed by atoms with Gasteiger partial charge >= 0.3 is 0 Å². The summed E-state index contributed by atoms with van der Waals surface area (Å²) < 4.78 is 0. The highest BCUT2D eigenvalue weighted by molar-refractivity contribution is 6.52. The molecule has 1 aromatic carbocycles. The molecule has 0 heterocycles. The molecule has 5 heteroatoms. The van der Waals surface area contributed by atoms with E-state index in [1.54, 1.807) is 6.92 Å². The fourth-order valence-corrected chi connectivity index (χ4v) is 1.65. The Hall–Kier alpha value is -2.30. The Morgan fingerprint density at radius 3 is 2.19 bits per heavy atom. The number of carbonyl (C=O) groups excluding carboxylic acids is 2. The lowest BCUT2D eigenvalue weighted by Crippen LogP contribution is -2.24. The minimum atomic E-state index is -1.22. The van der Waals surface area contributed by atoms with E-state index in [0.717, 1.165) is 0 Å². The van der Waals surface area contributed by atoms with Gasteiger partial charge in [-0.3, -0.25) is 9.59 Å². The first-order chi connectivity index (χ1) is 7.43. The summed E-state index contributed by atoms with van der Waals surface area (Å²) in [6, 6.07) is 2.71. The van der Waals surface area contributed by atoms with Crippen LogP contribution in [0.4, 0.5) is 0 Å². The van der Waals surface area contributed by atoms with Crippen LogP contribution in [0.3, 0.4) is 0 Å². The molecule has 0 radical (unpaired) electrons. The van der Waals surface area contributed by atoms with Crippen LogP contribution in [0.2, 0.25) is 0 Å². The number of benzene rings is 1. The van der Waals surface area contributed by atoms with Crippen LogP contribution in [0.1, 0.15) is 21.5 Å². The summed E-state index contributed by atoms with van der Waals surface area (Å²) in [6.07, 6.45) is 0. The summed E-state index contributed by atoms with van der Waals surface area (Å²) in [5.41, 5.74) is 0.295. The molecular formula is C11H8O5. The molecule has 0 unspecified atom stereocenters. The zero-order chi connectivity index (χ0) is 12.0. The molecule has 1 aliphatic rings. The molecule has 0 fully saturated rings. The smallest absolute Gasteiger partial charge is 0.271 e. The van der Waals surface area contributed by atoms with Crippen LogP contribution in [0.5, 0.6) is 5.75 Å². The molecule has 1 aromatic rings. The quantitative estimate of drug-likeness (QED) is 0.572. The van der Waals surface area contributed by atoms with Crippen molar-refractivity contribution >= 4 is 17.3 Å². The minimum Gasteiger partial charge on any atom is -0.507 e. The summed E-state index contributed by atoms with van der Waals surface area (Å²) >= 11 is 0. The van der Waals surface area contributed by atoms with Crippen molar-refractivity contribution in [2.45, 2.75) is 6.92 Å². The standard InChI is InChI=1S/C11H8O5/c1-4-2-5-7(6(12)3-4)9(14)11(16)10(15)8(5)13/h2-3,12-13,15H,1H3. The number of aliphatic hydroxyl groups excluding tert-OH is 2. The van der Waals surface area contributed by atoms with Crippen molar-refractivity contribution in [3.63, 3.8) is 0 Å². The highest BCUT2D eigenvalue weighted by Gasteiger charge is 2.35. The third kappa shape index (κ3) is 1.18. The Balaban J connectivity index is 2.86. The van der Waals surface area contributed by atoms with E-state index in [0.29, 0.717) is 5.56 Å². The van der Waals surface area contributed by atoms with E-state index in [1.165, 1.54) is 12.1 Å². The lowest BCUT2D eigenvalue weighted by atomic mass is 9.90. The Morgan fingerprint density at radius 1 is 0.938 bits per heavy atom. The number of fused-ring (bicyclic) bond motifs is 1. The van der Waals surface area contributed by atoms with Gasteiger partial charge in [-0.05, 0) is 24.6 Å². The molecule has 2 rings (SSSR count). The Labute approximate surface area is 90.3 Å². The van der Waals surface area contributed by atoms with Gasteiger partial charge in [0.1, 0.15) is 5.75 Å². The predicted molar refractivity (Wildman–Crippen MR) is 54.4 cm³/mol. The molecule has 1 aliphatic carbocycles. The number of phenols is 1. The van der Waals surface area contributed by atoms with E-state index in [9.17, 15) is 24.9 Å². The van der Waals surface area contributed by atoms with Crippen molar-refractivity contribution in [2.24, 2.45) is 0 Å². The third-order valence-corrected chi connectivity index (χ3v) is 2.39. The number of aromatic hydroxyl groups is 1. The van der Waals surface area contributed by atoms with Gasteiger partial charge in [-0.15, -0.1) is 0 Å². The average molecular weight is 220 g/mol. The predicted octanol–water partition coefficient (Wildman–Crippen LogP) is 1.25. The second-order valence-electron chi connectivity index (χ2n) is 3.56. The lowest BCUT2D eigenvalue weighted by molar-refractivity contribution is -0.114. The van der Waals surface area contributed by atoms with Gasteiger partial charge in [0.25, 0.3) is 5.78 Å². The van der Waals surface area contributed by atoms with Gasteiger partial charge in [-0.2, -0.15) is 0 Å². The summed E-state index contributed by atoms with van der Waals surface area (Å²) in [5.74, 6) is -4.29. The molecule has 0 aromatic heterocycles. The van der Waals surface area contributed by atoms with Gasteiger partial charge in [-0.1, -0.05) is 0 Å². The van der Waals surface area contributed by atoms with Gasteiger partial charge < -0.3 is 15.3 Å². The monoisotopic (exact) mass is 220 g/mol. The largest absolute Gasteiger partial charge is 0.507 e. The molecule has 82 valence electrons. The van der Waals surface area contributed by atoms with Gasteiger partial charge in [0.15, 0.2) is 5.76 Å². The van der Waals surface area contributed by atoms with Crippen molar-refractivity contribution in [1.29, 1.82) is 0 Å². The van der Waals surface area contributed by atoms with Crippen LogP contribution >= 0.6 is 0 Å². The van der Waals surface area contributed by atoms with Crippen LogP contribution in [-0.2, 0) is 4.79 Å².